The van der Waals surface area contributed by atoms with Crippen molar-refractivity contribution in [2.75, 3.05) is 33.1 Å². The van der Waals surface area contributed by atoms with E-state index in [1.54, 1.807) is 36.6 Å². The van der Waals surface area contributed by atoms with Gasteiger partial charge in [0.15, 0.2) is 6.61 Å². The van der Waals surface area contributed by atoms with Gasteiger partial charge >= 0.3 is 11.9 Å². The van der Waals surface area contributed by atoms with E-state index in [1.165, 1.54) is 30.9 Å². The number of hydrogen-bond acceptors (Lipinski definition) is 8. The van der Waals surface area contributed by atoms with E-state index in [-0.39, 0.29) is 19.0 Å². The predicted molar refractivity (Wildman–Crippen MR) is 116 cm³/mol. The fourth-order valence-electron chi connectivity index (χ4n) is 3.06. The summed E-state index contributed by atoms with van der Waals surface area (Å²) in [7, 11) is 2.85. The zero-order valence-corrected chi connectivity index (χ0v) is 18.8. The molecular weight excluding hydrogens is 440 g/mol. The van der Waals surface area contributed by atoms with Crippen molar-refractivity contribution in [2.45, 2.75) is 25.4 Å². The molecule has 2 atom stereocenters. The molecule has 2 amide bonds. The van der Waals surface area contributed by atoms with Crippen LogP contribution in [0.25, 0.3) is 0 Å². The van der Waals surface area contributed by atoms with Crippen LogP contribution in [0.5, 0.6) is 11.5 Å². The number of nitrogens with zero attached hydrogens (tertiary/aromatic N) is 1. The van der Waals surface area contributed by atoms with E-state index in [0.29, 0.717) is 22.8 Å². The predicted octanol–water partition coefficient (Wildman–Crippen LogP) is 1.05. The molecule has 1 heterocycles. The van der Waals surface area contributed by atoms with E-state index in [0.717, 1.165) is 0 Å². The van der Waals surface area contributed by atoms with Gasteiger partial charge in [-0.3, -0.25) is 19.2 Å². The van der Waals surface area contributed by atoms with Crippen molar-refractivity contribution in [1.29, 1.82) is 0 Å². The normalized spacial score (nSPS) is 17.9. The molecule has 0 aliphatic carbocycles. The highest BCUT2D eigenvalue weighted by Gasteiger charge is 2.49. The Morgan fingerprint density at radius 3 is 2.44 bits per heavy atom. The third-order valence-corrected chi connectivity index (χ3v) is 5.62. The summed E-state index contributed by atoms with van der Waals surface area (Å²) in [6, 6.07) is 5.18. The van der Waals surface area contributed by atoms with E-state index in [4.69, 9.17) is 14.6 Å². The number of carbonyl (C=O) groups excluding carboxylic acids is 3. The molecule has 0 radical (unpaired) electrons. The van der Waals surface area contributed by atoms with Crippen molar-refractivity contribution in [3.63, 3.8) is 0 Å². The average molecular weight is 467 g/mol. The summed E-state index contributed by atoms with van der Waals surface area (Å²) in [4.78, 5) is 48.3. The monoisotopic (exact) mass is 466 g/mol. The van der Waals surface area contributed by atoms with Gasteiger partial charge in [0.1, 0.15) is 24.1 Å². The molecule has 0 spiro atoms. The Bertz CT molecular complexity index is 871. The molecule has 11 heteroatoms. The molecule has 0 saturated carbocycles. The van der Waals surface area contributed by atoms with Crippen LogP contribution in [0.15, 0.2) is 35.2 Å². The second-order valence-corrected chi connectivity index (χ2v) is 7.85. The number of benzene rings is 1. The zero-order chi connectivity index (χ0) is 23.7. The van der Waals surface area contributed by atoms with Crippen LogP contribution in [0, 0.1) is 0 Å². The molecule has 1 aliphatic rings. The number of ether oxygens (including phenoxy) is 3. The van der Waals surface area contributed by atoms with Crippen LogP contribution in [0.3, 0.4) is 0 Å². The minimum Gasteiger partial charge on any atom is -0.497 e. The molecule has 32 heavy (non-hydrogen) atoms. The van der Waals surface area contributed by atoms with Crippen molar-refractivity contribution < 1.29 is 38.5 Å². The molecule has 2 unspecified atom stereocenters. The molecule has 2 N–H and O–H groups in total. The lowest BCUT2D eigenvalue weighted by molar-refractivity contribution is -0.158. The Hall–Kier alpha value is -3.21. The summed E-state index contributed by atoms with van der Waals surface area (Å²) in [5.41, 5.74) is 0.696. The van der Waals surface area contributed by atoms with Gasteiger partial charge in [0.2, 0.25) is 5.91 Å². The molecular formula is C21H26N2O8S. The number of methoxy groups -OCH3 is 2. The van der Waals surface area contributed by atoms with Crippen LogP contribution in [0.2, 0.25) is 0 Å². The number of carboxylic acid groups (broad SMARTS) is 1. The van der Waals surface area contributed by atoms with Crippen molar-refractivity contribution in [1.82, 2.24) is 10.2 Å². The van der Waals surface area contributed by atoms with E-state index in [2.05, 4.69) is 10.1 Å². The van der Waals surface area contributed by atoms with Gasteiger partial charge in [0, 0.05) is 5.75 Å². The summed E-state index contributed by atoms with van der Waals surface area (Å²) in [5.74, 6) is -0.902. The number of carbonyl (C=O) groups is 4. The van der Waals surface area contributed by atoms with E-state index < -0.39 is 36.4 Å². The number of β-lactam (4-membered cyclic amide) rings is 1. The third kappa shape index (κ3) is 6.91. The smallest absolute Gasteiger partial charge is 0.323 e. The fourth-order valence-corrected chi connectivity index (χ4v) is 3.86. The SMILES string of the molecule is COC(=O)CCSC=C(C)C1C(NC(=O)COc2ccc(OC)cc2)C(=O)N1CC(=O)O. The van der Waals surface area contributed by atoms with Crippen LogP contribution in [0.1, 0.15) is 13.3 Å². The van der Waals surface area contributed by atoms with Gasteiger partial charge in [0.25, 0.3) is 5.91 Å². The topological polar surface area (TPSA) is 131 Å². The lowest BCUT2D eigenvalue weighted by Gasteiger charge is -2.47. The lowest BCUT2D eigenvalue weighted by atomic mass is 9.89. The Balaban J connectivity index is 1.96. The van der Waals surface area contributed by atoms with Crippen LogP contribution in [0.4, 0.5) is 0 Å². The summed E-state index contributed by atoms with van der Waals surface area (Å²) in [5, 5.41) is 13.5. The van der Waals surface area contributed by atoms with Crippen LogP contribution in [-0.4, -0.2) is 79.0 Å². The van der Waals surface area contributed by atoms with Crippen molar-refractivity contribution in [3.05, 3.63) is 35.2 Å². The maximum absolute atomic E-state index is 12.4. The standard InChI is InChI=1S/C21H26N2O8S/c1-13(12-32-9-8-18(27)30-3)20-19(21(28)23(20)10-17(25)26)22-16(24)11-31-15-6-4-14(29-2)5-7-15/h4-7,12,19-20H,8-11H2,1-3H3,(H,22,24)(H,25,26). The van der Waals surface area contributed by atoms with Gasteiger partial charge in [-0.2, -0.15) is 0 Å². The van der Waals surface area contributed by atoms with E-state index >= 15 is 0 Å². The summed E-state index contributed by atoms with van der Waals surface area (Å²) < 4.78 is 15.1. The first kappa shape index (κ1) is 25.1. The van der Waals surface area contributed by atoms with Crippen LogP contribution < -0.4 is 14.8 Å². The quantitative estimate of drug-likeness (QED) is 0.264. The summed E-state index contributed by atoms with van der Waals surface area (Å²) >= 11 is 1.34. The summed E-state index contributed by atoms with van der Waals surface area (Å²) in [6.07, 6.45) is 0.218. The Morgan fingerprint density at radius 2 is 1.84 bits per heavy atom. The zero-order valence-electron chi connectivity index (χ0n) is 18.0. The highest BCUT2D eigenvalue weighted by molar-refractivity contribution is 8.02. The number of nitrogens with one attached hydrogen (secondary N) is 1. The Kier molecular flexibility index (Phi) is 9.39. The molecule has 0 bridgehead atoms. The van der Waals surface area contributed by atoms with Crippen molar-refractivity contribution >= 4 is 35.5 Å². The van der Waals surface area contributed by atoms with Crippen LogP contribution in [-0.2, 0) is 23.9 Å². The number of amides is 2. The second-order valence-electron chi connectivity index (χ2n) is 6.87. The fraction of sp³-hybridized carbons (Fsp3) is 0.429. The van der Waals surface area contributed by atoms with Crippen molar-refractivity contribution in [3.8, 4) is 11.5 Å². The molecule has 1 aromatic rings. The van der Waals surface area contributed by atoms with Gasteiger partial charge in [-0.05, 0) is 42.2 Å². The average Bonchev–Trinajstić information content (AvgIpc) is 2.79. The molecule has 1 saturated heterocycles. The number of carboxylic acids is 1. The van der Waals surface area contributed by atoms with E-state index in [9.17, 15) is 19.2 Å². The third-order valence-electron chi connectivity index (χ3n) is 4.64. The Morgan fingerprint density at radius 1 is 1.19 bits per heavy atom. The number of esters is 1. The second kappa shape index (κ2) is 12.0. The van der Waals surface area contributed by atoms with Crippen molar-refractivity contribution in [2.24, 2.45) is 0 Å². The highest BCUT2D eigenvalue weighted by Crippen LogP contribution is 2.28. The number of likely N-dealkylation sites (tertiary alicyclic amines) is 1. The lowest BCUT2D eigenvalue weighted by Crippen LogP contribution is -2.72. The molecule has 1 aromatic carbocycles. The number of thioether (sulfide) groups is 1. The van der Waals surface area contributed by atoms with Gasteiger partial charge in [0.05, 0.1) is 26.7 Å². The maximum atomic E-state index is 12.4. The molecule has 0 aromatic heterocycles. The molecule has 1 fully saturated rings. The Labute approximate surface area is 189 Å². The highest BCUT2D eigenvalue weighted by atomic mass is 32.2. The first-order chi connectivity index (χ1) is 15.3. The van der Waals surface area contributed by atoms with Gasteiger partial charge < -0.3 is 29.5 Å². The number of hydrogen-bond donors (Lipinski definition) is 2. The minimum absolute atomic E-state index is 0.218. The molecule has 10 nitrogen and oxygen atoms in total. The van der Waals surface area contributed by atoms with Gasteiger partial charge in [-0.25, -0.2) is 0 Å². The first-order valence-corrected chi connectivity index (χ1v) is 10.7. The number of rotatable bonds is 12. The first-order valence-electron chi connectivity index (χ1n) is 9.70. The molecule has 1 aliphatic heterocycles. The maximum Gasteiger partial charge on any atom is 0.323 e. The summed E-state index contributed by atoms with van der Waals surface area (Å²) in [6.45, 7) is 0.957. The van der Waals surface area contributed by atoms with Gasteiger partial charge in [-0.1, -0.05) is 0 Å². The van der Waals surface area contributed by atoms with Gasteiger partial charge in [-0.15, -0.1) is 11.8 Å². The van der Waals surface area contributed by atoms with Crippen LogP contribution >= 0.6 is 11.8 Å². The molecule has 2 rings (SSSR count). The number of aliphatic carboxylic acids is 1. The van der Waals surface area contributed by atoms with E-state index in [1.807, 2.05) is 0 Å². The largest absolute Gasteiger partial charge is 0.497 e. The molecule has 174 valence electrons. The minimum atomic E-state index is -1.15.